The van der Waals surface area contributed by atoms with Crippen molar-refractivity contribution in [2.45, 2.75) is 26.8 Å². The molecular formula is C19H24N2O5. The fourth-order valence-corrected chi connectivity index (χ4v) is 2.58. The fourth-order valence-electron chi connectivity index (χ4n) is 2.58. The summed E-state index contributed by atoms with van der Waals surface area (Å²) in [5, 5.41) is 4.35. The topological polar surface area (TPSA) is 79.6 Å². The minimum absolute atomic E-state index is 0.0473. The Hall–Kier alpha value is -2.83. The molecule has 0 aliphatic heterocycles. The Balaban J connectivity index is 2.67. The van der Waals surface area contributed by atoms with Crippen molar-refractivity contribution < 1.29 is 23.8 Å². The lowest BCUT2D eigenvalue weighted by atomic mass is 10.0. The summed E-state index contributed by atoms with van der Waals surface area (Å²) < 4.78 is 16.5. The molecule has 0 spiro atoms. The summed E-state index contributed by atoms with van der Waals surface area (Å²) in [6.07, 6.45) is 0.839. The Bertz CT molecular complexity index is 778. The molecule has 0 radical (unpaired) electrons. The van der Waals surface area contributed by atoms with Crippen molar-refractivity contribution in [2.75, 3.05) is 21.3 Å². The molecule has 2 aromatic rings. The van der Waals surface area contributed by atoms with Gasteiger partial charge in [-0.2, -0.15) is 5.10 Å². The van der Waals surface area contributed by atoms with Crippen LogP contribution in [0.3, 0.4) is 0 Å². The van der Waals surface area contributed by atoms with E-state index in [4.69, 9.17) is 14.2 Å². The second kappa shape index (κ2) is 8.51. The Kier molecular flexibility index (Phi) is 6.38. The van der Waals surface area contributed by atoms with E-state index in [0.717, 1.165) is 12.0 Å². The summed E-state index contributed by atoms with van der Waals surface area (Å²) in [7, 11) is 4.10. The monoisotopic (exact) mass is 360 g/mol. The van der Waals surface area contributed by atoms with Gasteiger partial charge in [0, 0.05) is 12.1 Å². The fraction of sp³-hybridized carbons (Fsp3) is 0.421. The number of ether oxygens (including phenoxy) is 3. The summed E-state index contributed by atoms with van der Waals surface area (Å²) >= 11 is 0. The molecule has 0 amide bonds. The number of hydrogen-bond acceptors (Lipinski definition) is 6. The van der Waals surface area contributed by atoms with Gasteiger partial charge < -0.3 is 14.2 Å². The van der Waals surface area contributed by atoms with Gasteiger partial charge in [-0.3, -0.25) is 4.68 Å². The molecule has 2 rings (SSSR count). The number of carbonyl (C=O) groups is 2. The zero-order chi connectivity index (χ0) is 19.3. The third-order valence-corrected chi connectivity index (χ3v) is 4.00. The van der Waals surface area contributed by atoms with Gasteiger partial charge >= 0.3 is 11.9 Å². The first kappa shape index (κ1) is 19.5. The number of aryl methyl sites for hydroxylation is 1. The van der Waals surface area contributed by atoms with Crippen molar-refractivity contribution in [1.29, 1.82) is 0 Å². The molecule has 0 saturated heterocycles. The lowest BCUT2D eigenvalue weighted by Crippen LogP contribution is -2.11. The number of benzene rings is 1. The van der Waals surface area contributed by atoms with E-state index in [2.05, 4.69) is 18.9 Å². The molecule has 0 aliphatic carbocycles. The highest BCUT2D eigenvalue weighted by Gasteiger charge is 2.30. The molecule has 1 aromatic heterocycles. The maximum atomic E-state index is 12.4. The highest BCUT2D eigenvalue weighted by molar-refractivity contribution is 6.06. The van der Waals surface area contributed by atoms with Gasteiger partial charge in [0.05, 0.1) is 27.0 Å². The van der Waals surface area contributed by atoms with Gasteiger partial charge in [-0.1, -0.05) is 13.8 Å². The lowest BCUT2D eigenvalue weighted by Gasteiger charge is -2.11. The second-order valence-corrected chi connectivity index (χ2v) is 6.19. The standard InChI is InChI=1S/C19H24N2O5/c1-12(2)10-11-21-17(13-6-8-14(24-3)9-7-13)15(18(22)25-4)16(20-21)19(23)26-5/h6-9,12H,10-11H2,1-5H3. The molecule has 0 atom stereocenters. The van der Waals surface area contributed by atoms with E-state index in [1.165, 1.54) is 14.2 Å². The SMILES string of the molecule is COC(=O)c1nn(CCC(C)C)c(-c2ccc(OC)cc2)c1C(=O)OC. The number of hydrogen-bond donors (Lipinski definition) is 0. The largest absolute Gasteiger partial charge is 0.497 e. The normalized spacial score (nSPS) is 10.7. The summed E-state index contributed by atoms with van der Waals surface area (Å²) in [5.74, 6) is -0.184. The number of methoxy groups -OCH3 is 3. The first-order valence-electron chi connectivity index (χ1n) is 8.34. The van der Waals surface area contributed by atoms with Crippen LogP contribution in [0.15, 0.2) is 24.3 Å². The van der Waals surface area contributed by atoms with Gasteiger partial charge in [-0.15, -0.1) is 0 Å². The van der Waals surface area contributed by atoms with Crippen LogP contribution in [-0.2, 0) is 16.0 Å². The highest BCUT2D eigenvalue weighted by atomic mass is 16.5. The molecule has 0 fully saturated rings. The van der Waals surface area contributed by atoms with E-state index in [0.29, 0.717) is 23.9 Å². The van der Waals surface area contributed by atoms with E-state index in [1.807, 2.05) is 12.1 Å². The molecular weight excluding hydrogens is 336 g/mol. The number of nitrogens with zero attached hydrogens (tertiary/aromatic N) is 2. The number of carbonyl (C=O) groups excluding carboxylic acids is 2. The quantitative estimate of drug-likeness (QED) is 0.706. The third kappa shape index (κ3) is 4.04. The van der Waals surface area contributed by atoms with Crippen LogP contribution < -0.4 is 4.74 Å². The van der Waals surface area contributed by atoms with E-state index < -0.39 is 11.9 Å². The highest BCUT2D eigenvalue weighted by Crippen LogP contribution is 2.30. The maximum absolute atomic E-state index is 12.4. The van der Waals surface area contributed by atoms with Crippen LogP contribution in [0.1, 0.15) is 41.1 Å². The molecule has 0 N–H and O–H groups in total. The Morgan fingerprint density at radius 2 is 1.65 bits per heavy atom. The molecule has 0 aliphatic rings. The summed E-state index contributed by atoms with van der Waals surface area (Å²) in [6, 6.07) is 7.20. The molecule has 7 heteroatoms. The average Bonchev–Trinajstić information content (AvgIpc) is 3.04. The first-order valence-corrected chi connectivity index (χ1v) is 8.34. The van der Waals surface area contributed by atoms with Crippen LogP contribution in [0.2, 0.25) is 0 Å². The van der Waals surface area contributed by atoms with Crippen molar-refractivity contribution >= 4 is 11.9 Å². The van der Waals surface area contributed by atoms with Crippen LogP contribution in [0, 0.1) is 5.92 Å². The number of rotatable bonds is 7. The number of aromatic nitrogens is 2. The minimum atomic E-state index is -0.677. The van der Waals surface area contributed by atoms with Gasteiger partial charge in [0.25, 0.3) is 0 Å². The van der Waals surface area contributed by atoms with Gasteiger partial charge in [-0.25, -0.2) is 9.59 Å². The summed E-state index contributed by atoms with van der Waals surface area (Å²) in [6.45, 7) is 4.75. The molecule has 26 heavy (non-hydrogen) atoms. The van der Waals surface area contributed by atoms with Gasteiger partial charge in [-0.05, 0) is 36.6 Å². The Labute approximate surface area is 152 Å². The Morgan fingerprint density at radius 3 is 2.15 bits per heavy atom. The molecule has 0 saturated carbocycles. The zero-order valence-corrected chi connectivity index (χ0v) is 15.7. The van der Waals surface area contributed by atoms with Crippen molar-refractivity contribution in [3.8, 4) is 17.0 Å². The van der Waals surface area contributed by atoms with E-state index in [1.54, 1.807) is 23.9 Å². The maximum Gasteiger partial charge on any atom is 0.359 e. The zero-order valence-electron chi connectivity index (χ0n) is 15.7. The molecule has 0 bridgehead atoms. The van der Waals surface area contributed by atoms with Crippen LogP contribution in [0.4, 0.5) is 0 Å². The molecule has 140 valence electrons. The van der Waals surface area contributed by atoms with Crippen molar-refractivity contribution in [1.82, 2.24) is 9.78 Å². The van der Waals surface area contributed by atoms with Crippen molar-refractivity contribution in [3.05, 3.63) is 35.5 Å². The van der Waals surface area contributed by atoms with E-state index in [9.17, 15) is 9.59 Å². The van der Waals surface area contributed by atoms with Crippen LogP contribution in [0.25, 0.3) is 11.3 Å². The van der Waals surface area contributed by atoms with Crippen LogP contribution in [0.5, 0.6) is 5.75 Å². The van der Waals surface area contributed by atoms with Gasteiger partial charge in [0.1, 0.15) is 11.3 Å². The van der Waals surface area contributed by atoms with E-state index in [-0.39, 0.29) is 11.3 Å². The average molecular weight is 360 g/mol. The Morgan fingerprint density at radius 1 is 1.04 bits per heavy atom. The van der Waals surface area contributed by atoms with Crippen molar-refractivity contribution in [2.24, 2.45) is 5.92 Å². The third-order valence-electron chi connectivity index (χ3n) is 4.00. The number of esters is 2. The van der Waals surface area contributed by atoms with Gasteiger partial charge in [0.2, 0.25) is 0 Å². The lowest BCUT2D eigenvalue weighted by molar-refractivity contribution is 0.0552. The summed E-state index contributed by atoms with van der Waals surface area (Å²) in [4.78, 5) is 24.6. The van der Waals surface area contributed by atoms with Crippen molar-refractivity contribution in [3.63, 3.8) is 0 Å². The van der Waals surface area contributed by atoms with Crippen LogP contribution >= 0.6 is 0 Å². The van der Waals surface area contributed by atoms with Crippen LogP contribution in [-0.4, -0.2) is 43.0 Å². The van der Waals surface area contributed by atoms with E-state index >= 15 is 0 Å². The molecule has 1 aromatic carbocycles. The second-order valence-electron chi connectivity index (χ2n) is 6.19. The molecule has 0 unspecified atom stereocenters. The molecule has 1 heterocycles. The summed E-state index contributed by atoms with van der Waals surface area (Å²) in [5.41, 5.74) is 1.32. The minimum Gasteiger partial charge on any atom is -0.497 e. The predicted molar refractivity (Wildman–Crippen MR) is 96.3 cm³/mol. The molecule has 7 nitrogen and oxygen atoms in total. The predicted octanol–water partition coefficient (Wildman–Crippen LogP) is 3.18. The smallest absolute Gasteiger partial charge is 0.359 e. The first-order chi connectivity index (χ1) is 12.4. The van der Waals surface area contributed by atoms with Gasteiger partial charge in [0.15, 0.2) is 5.69 Å².